The Hall–Kier alpha value is -2.53. The molecule has 0 fully saturated rings. The number of phenols is 2. The number of carbonyl (C=O) groups is 1. The van der Waals surface area contributed by atoms with Crippen molar-refractivity contribution >= 4 is 16.8 Å². The number of aliphatic hydroxyl groups is 1. The maximum Gasteiger partial charge on any atom is 0.190 e. The van der Waals surface area contributed by atoms with Gasteiger partial charge in [0.05, 0.1) is 17.1 Å². The molecule has 3 N–H and O–H groups in total. The molecular weight excluding hydrogens is 320 g/mol. The monoisotopic (exact) mass is 340 g/mol. The van der Waals surface area contributed by atoms with Gasteiger partial charge in [-0.25, -0.2) is 0 Å². The lowest BCUT2D eigenvalue weighted by Crippen LogP contribution is -2.39. The van der Waals surface area contributed by atoms with Crippen molar-refractivity contribution < 1.29 is 24.5 Å². The van der Waals surface area contributed by atoms with E-state index >= 15 is 0 Å². The molecule has 1 heterocycles. The standard InChI is InChI=1S/C20H20O5/c1-8-5-11-17(23)15-13(21)6-12-9(2)10(3)14(22)7-20(12,4)16(15)18(24)19(11)25-8/h5-6,14,22-24H,7H2,1-4H3/t14-,20-/m0/s1. The highest BCUT2D eigenvalue weighted by molar-refractivity contribution is 6.15. The van der Waals surface area contributed by atoms with E-state index in [0.717, 1.165) is 16.7 Å². The first kappa shape index (κ1) is 16.0. The molecule has 5 heteroatoms. The number of hydrogen-bond donors (Lipinski definition) is 3. The Kier molecular flexibility index (Phi) is 3.04. The number of furan rings is 1. The molecule has 4 rings (SSSR count). The number of aromatic hydroxyl groups is 2. The van der Waals surface area contributed by atoms with Crippen molar-refractivity contribution in [1.82, 2.24) is 0 Å². The van der Waals surface area contributed by atoms with E-state index in [-0.39, 0.29) is 28.4 Å². The average Bonchev–Trinajstić information content (AvgIpc) is 2.94. The number of phenolic OH excluding ortho intramolecular Hbond substituents is 2. The molecule has 25 heavy (non-hydrogen) atoms. The minimum absolute atomic E-state index is 0.0941. The van der Waals surface area contributed by atoms with Gasteiger partial charge in [0.25, 0.3) is 0 Å². The Balaban J connectivity index is 2.15. The van der Waals surface area contributed by atoms with Crippen LogP contribution < -0.4 is 0 Å². The summed E-state index contributed by atoms with van der Waals surface area (Å²) in [5.41, 5.74) is 2.24. The number of aryl methyl sites for hydroxylation is 1. The van der Waals surface area contributed by atoms with Gasteiger partial charge >= 0.3 is 0 Å². The molecule has 1 aromatic carbocycles. The van der Waals surface area contributed by atoms with Gasteiger partial charge in [-0.05, 0) is 56.1 Å². The van der Waals surface area contributed by atoms with Crippen molar-refractivity contribution in [3.05, 3.63) is 45.7 Å². The second kappa shape index (κ2) is 4.76. The van der Waals surface area contributed by atoms with E-state index in [4.69, 9.17) is 4.42 Å². The minimum Gasteiger partial charge on any atom is -0.506 e. The van der Waals surface area contributed by atoms with Crippen LogP contribution in [0, 0.1) is 6.92 Å². The topological polar surface area (TPSA) is 90.9 Å². The van der Waals surface area contributed by atoms with Crippen LogP contribution in [-0.2, 0) is 5.41 Å². The molecule has 0 unspecified atom stereocenters. The second-order valence-corrected chi connectivity index (χ2v) is 7.33. The summed E-state index contributed by atoms with van der Waals surface area (Å²) in [5.74, 6) is -0.139. The lowest BCUT2D eigenvalue weighted by molar-refractivity contribution is 0.102. The van der Waals surface area contributed by atoms with Crippen LogP contribution in [0.1, 0.15) is 48.9 Å². The summed E-state index contributed by atoms with van der Waals surface area (Å²) in [6.45, 7) is 7.30. The largest absolute Gasteiger partial charge is 0.506 e. The van der Waals surface area contributed by atoms with E-state index in [9.17, 15) is 20.1 Å². The first-order chi connectivity index (χ1) is 11.7. The van der Waals surface area contributed by atoms with Crippen LogP contribution >= 0.6 is 0 Å². The molecule has 0 radical (unpaired) electrons. The Bertz CT molecular complexity index is 1020. The molecule has 2 aliphatic carbocycles. The van der Waals surface area contributed by atoms with Crippen LogP contribution in [0.15, 0.2) is 33.3 Å². The smallest absolute Gasteiger partial charge is 0.190 e. The molecule has 0 aliphatic heterocycles. The first-order valence-corrected chi connectivity index (χ1v) is 8.27. The van der Waals surface area contributed by atoms with Gasteiger partial charge in [0.2, 0.25) is 0 Å². The zero-order valence-corrected chi connectivity index (χ0v) is 14.6. The van der Waals surface area contributed by atoms with Gasteiger partial charge in [-0.15, -0.1) is 0 Å². The normalized spacial score (nSPS) is 25.9. The fourth-order valence-corrected chi connectivity index (χ4v) is 4.36. The molecular formula is C20H20O5. The molecule has 2 aliphatic rings. The zero-order chi connectivity index (χ0) is 18.3. The van der Waals surface area contributed by atoms with Gasteiger partial charge < -0.3 is 19.7 Å². The Morgan fingerprint density at radius 2 is 1.88 bits per heavy atom. The van der Waals surface area contributed by atoms with Crippen molar-refractivity contribution in [2.75, 3.05) is 0 Å². The van der Waals surface area contributed by atoms with E-state index in [2.05, 4.69) is 0 Å². The number of allylic oxidation sites excluding steroid dienone is 3. The highest BCUT2D eigenvalue weighted by Crippen LogP contribution is 2.55. The SMILES string of the molecule is CC1=C(C)[C@@H](O)C[C@@]2(C)C1=CC(=O)c1c2c(O)c2oc(C)cc2c1O. The summed E-state index contributed by atoms with van der Waals surface area (Å²) in [6.07, 6.45) is 1.16. The number of rotatable bonds is 0. The second-order valence-electron chi connectivity index (χ2n) is 7.33. The lowest BCUT2D eigenvalue weighted by atomic mass is 9.60. The van der Waals surface area contributed by atoms with Crippen molar-refractivity contribution in [2.45, 2.75) is 45.6 Å². The van der Waals surface area contributed by atoms with Crippen molar-refractivity contribution in [1.29, 1.82) is 0 Å². The molecule has 0 saturated heterocycles. The summed E-state index contributed by atoms with van der Waals surface area (Å²) in [4.78, 5) is 12.8. The van der Waals surface area contributed by atoms with E-state index in [1.54, 1.807) is 13.0 Å². The van der Waals surface area contributed by atoms with Gasteiger partial charge in [0.1, 0.15) is 11.5 Å². The fourth-order valence-electron chi connectivity index (χ4n) is 4.36. The van der Waals surface area contributed by atoms with Gasteiger partial charge in [-0.2, -0.15) is 0 Å². The lowest BCUT2D eigenvalue weighted by Gasteiger charge is -2.43. The molecule has 2 aromatic rings. The third-order valence-corrected chi connectivity index (χ3v) is 5.81. The van der Waals surface area contributed by atoms with Gasteiger partial charge in [0.15, 0.2) is 17.1 Å². The molecule has 0 spiro atoms. The van der Waals surface area contributed by atoms with Crippen molar-refractivity contribution in [2.24, 2.45) is 0 Å². The van der Waals surface area contributed by atoms with Crippen LogP contribution in [0.25, 0.3) is 11.0 Å². The number of ketones is 1. The summed E-state index contributed by atoms with van der Waals surface area (Å²) in [5, 5.41) is 32.4. The van der Waals surface area contributed by atoms with Crippen LogP contribution in [0.3, 0.4) is 0 Å². The molecule has 0 saturated carbocycles. The number of hydrogen-bond acceptors (Lipinski definition) is 5. The third kappa shape index (κ3) is 1.84. The summed E-state index contributed by atoms with van der Waals surface area (Å²) in [7, 11) is 0. The number of aliphatic hydroxyl groups excluding tert-OH is 1. The van der Waals surface area contributed by atoms with E-state index in [0.29, 0.717) is 23.1 Å². The Morgan fingerprint density at radius 1 is 1.20 bits per heavy atom. The Labute approximate surface area is 144 Å². The number of carbonyl (C=O) groups excluding carboxylic acids is 1. The molecule has 2 atom stereocenters. The first-order valence-electron chi connectivity index (χ1n) is 8.27. The van der Waals surface area contributed by atoms with E-state index < -0.39 is 11.5 Å². The predicted octanol–water partition coefficient (Wildman–Crippen LogP) is 3.63. The number of benzene rings is 1. The van der Waals surface area contributed by atoms with Crippen molar-refractivity contribution in [3.63, 3.8) is 0 Å². The summed E-state index contributed by atoms with van der Waals surface area (Å²) in [6, 6.07) is 1.60. The highest BCUT2D eigenvalue weighted by Gasteiger charge is 2.47. The zero-order valence-electron chi connectivity index (χ0n) is 14.6. The quantitative estimate of drug-likeness (QED) is 0.637. The minimum atomic E-state index is -0.789. The van der Waals surface area contributed by atoms with Crippen LogP contribution in [0.4, 0.5) is 0 Å². The molecule has 130 valence electrons. The Morgan fingerprint density at radius 3 is 2.56 bits per heavy atom. The molecule has 0 amide bonds. The van der Waals surface area contributed by atoms with Gasteiger partial charge in [-0.3, -0.25) is 4.79 Å². The molecule has 0 bridgehead atoms. The van der Waals surface area contributed by atoms with E-state index in [1.807, 2.05) is 20.8 Å². The van der Waals surface area contributed by atoms with Crippen LogP contribution in [0.2, 0.25) is 0 Å². The summed E-state index contributed by atoms with van der Waals surface area (Å²) < 4.78 is 5.57. The third-order valence-electron chi connectivity index (χ3n) is 5.81. The maximum atomic E-state index is 12.8. The van der Waals surface area contributed by atoms with Gasteiger partial charge in [0, 0.05) is 11.0 Å². The van der Waals surface area contributed by atoms with Crippen LogP contribution in [0.5, 0.6) is 11.5 Å². The average molecular weight is 340 g/mol. The van der Waals surface area contributed by atoms with Crippen LogP contribution in [-0.4, -0.2) is 27.2 Å². The van der Waals surface area contributed by atoms with Gasteiger partial charge in [-0.1, -0.05) is 6.92 Å². The highest BCUT2D eigenvalue weighted by atomic mass is 16.4. The molecule has 5 nitrogen and oxygen atoms in total. The van der Waals surface area contributed by atoms with Crippen molar-refractivity contribution in [3.8, 4) is 11.5 Å². The fraction of sp³-hybridized carbons (Fsp3) is 0.350. The van der Waals surface area contributed by atoms with E-state index in [1.165, 1.54) is 6.08 Å². The maximum absolute atomic E-state index is 12.8. The number of fused-ring (bicyclic) bond motifs is 4. The predicted molar refractivity (Wildman–Crippen MR) is 93.0 cm³/mol. The summed E-state index contributed by atoms with van der Waals surface area (Å²) >= 11 is 0. The molecule has 1 aromatic heterocycles.